The number of hydrogen-bond acceptors (Lipinski definition) is 6. The molecule has 0 aliphatic rings. The Morgan fingerprint density at radius 1 is 1.03 bits per heavy atom. The smallest absolute Gasteiger partial charge is 0.416 e. The van der Waals surface area contributed by atoms with E-state index in [-0.39, 0.29) is 18.9 Å². The topological polar surface area (TPSA) is 88.2 Å². The van der Waals surface area contributed by atoms with Crippen LogP contribution in [-0.2, 0) is 17.4 Å². The second-order valence-electron chi connectivity index (χ2n) is 7.22. The van der Waals surface area contributed by atoms with Crippen molar-refractivity contribution in [3.8, 4) is 5.75 Å². The zero-order valence-corrected chi connectivity index (χ0v) is 18.2. The molecule has 33 heavy (non-hydrogen) atoms. The third-order valence-corrected chi connectivity index (χ3v) is 4.57. The van der Waals surface area contributed by atoms with Gasteiger partial charge in [0.2, 0.25) is 11.9 Å². The number of amides is 1. The highest BCUT2D eigenvalue weighted by Gasteiger charge is 2.30. The molecule has 0 aliphatic carbocycles. The van der Waals surface area contributed by atoms with Crippen molar-refractivity contribution < 1.29 is 22.7 Å². The minimum atomic E-state index is -4.44. The van der Waals surface area contributed by atoms with Crippen LogP contribution in [0.15, 0.2) is 54.6 Å². The van der Waals surface area contributed by atoms with Crippen LogP contribution in [0.2, 0.25) is 0 Å². The van der Waals surface area contributed by atoms with Crippen LogP contribution in [0.3, 0.4) is 0 Å². The number of benzene rings is 2. The summed E-state index contributed by atoms with van der Waals surface area (Å²) in [5.41, 5.74) is 1.11. The molecule has 3 aromatic rings. The molecule has 3 N–H and O–H groups in total. The van der Waals surface area contributed by atoms with E-state index in [1.807, 2.05) is 31.2 Å². The molecule has 0 saturated carbocycles. The first-order chi connectivity index (χ1) is 15.7. The Balaban J connectivity index is 1.48. The van der Waals surface area contributed by atoms with Gasteiger partial charge in [-0.25, -0.2) is 4.98 Å². The first kappa shape index (κ1) is 23.8. The Morgan fingerprint density at radius 2 is 1.79 bits per heavy atom. The highest BCUT2D eigenvalue weighted by Crippen LogP contribution is 2.29. The van der Waals surface area contributed by atoms with Crippen LogP contribution in [0.4, 0.5) is 30.6 Å². The Kier molecular flexibility index (Phi) is 7.70. The van der Waals surface area contributed by atoms with Gasteiger partial charge in [-0.3, -0.25) is 4.79 Å². The quantitative estimate of drug-likeness (QED) is 0.413. The van der Waals surface area contributed by atoms with Crippen LogP contribution in [0.25, 0.3) is 0 Å². The number of anilines is 3. The van der Waals surface area contributed by atoms with Crippen molar-refractivity contribution in [2.45, 2.75) is 19.5 Å². The summed E-state index contributed by atoms with van der Waals surface area (Å²) in [6.07, 6.45) is -4.58. The van der Waals surface area contributed by atoms with Crippen molar-refractivity contribution in [3.05, 3.63) is 71.4 Å². The summed E-state index contributed by atoms with van der Waals surface area (Å²) in [5.74, 6) is 1.36. The van der Waals surface area contributed by atoms with Crippen molar-refractivity contribution in [1.82, 2.24) is 15.3 Å². The Morgan fingerprint density at radius 3 is 2.48 bits per heavy atom. The van der Waals surface area contributed by atoms with E-state index >= 15 is 0 Å². The number of methoxy groups -OCH3 is 1. The van der Waals surface area contributed by atoms with Gasteiger partial charge < -0.3 is 20.7 Å². The van der Waals surface area contributed by atoms with Crippen LogP contribution < -0.4 is 20.7 Å². The largest absolute Gasteiger partial charge is 0.497 e. The van der Waals surface area contributed by atoms with E-state index in [0.29, 0.717) is 23.9 Å². The van der Waals surface area contributed by atoms with E-state index in [1.54, 1.807) is 13.2 Å². The molecule has 1 aromatic heterocycles. The van der Waals surface area contributed by atoms with Gasteiger partial charge in [0.15, 0.2) is 0 Å². The van der Waals surface area contributed by atoms with Gasteiger partial charge in [-0.2, -0.15) is 18.2 Å². The molecule has 0 aliphatic heterocycles. The number of alkyl halides is 3. The molecule has 0 radical (unpaired) electrons. The maximum absolute atomic E-state index is 12.8. The standard InChI is InChI=1S/C23H24F3N5O2/c1-15-12-20(30-18-6-8-19(33-2)9-7-18)31-22(29-15)28-11-10-27-21(32)14-16-4-3-5-17(13-16)23(24,25)26/h3-9,12-13H,10-11,14H2,1-2H3,(H,27,32)(H2,28,29,30,31). The SMILES string of the molecule is COc1ccc(Nc2cc(C)nc(NCCNC(=O)Cc3cccc(C(F)(F)F)c3)n2)cc1. The van der Waals surface area contributed by atoms with E-state index in [1.165, 1.54) is 12.1 Å². The van der Waals surface area contributed by atoms with Crippen molar-refractivity contribution in [2.75, 3.05) is 30.8 Å². The first-order valence-corrected chi connectivity index (χ1v) is 10.2. The minimum absolute atomic E-state index is 0.138. The lowest BCUT2D eigenvalue weighted by atomic mass is 10.1. The molecule has 0 fully saturated rings. The lowest BCUT2D eigenvalue weighted by molar-refractivity contribution is -0.137. The highest BCUT2D eigenvalue weighted by molar-refractivity contribution is 5.78. The van der Waals surface area contributed by atoms with E-state index in [9.17, 15) is 18.0 Å². The Bertz CT molecular complexity index is 1090. The molecule has 2 aromatic carbocycles. The van der Waals surface area contributed by atoms with E-state index in [0.717, 1.165) is 29.3 Å². The van der Waals surface area contributed by atoms with Crippen LogP contribution in [0, 0.1) is 6.92 Å². The van der Waals surface area contributed by atoms with Crippen LogP contribution in [0.5, 0.6) is 5.75 Å². The summed E-state index contributed by atoms with van der Waals surface area (Å²) in [6, 6.07) is 13.9. The minimum Gasteiger partial charge on any atom is -0.497 e. The summed E-state index contributed by atoms with van der Waals surface area (Å²) in [6.45, 7) is 2.44. The summed E-state index contributed by atoms with van der Waals surface area (Å²) >= 11 is 0. The van der Waals surface area contributed by atoms with E-state index in [2.05, 4.69) is 25.9 Å². The average molecular weight is 459 g/mol. The number of aryl methyl sites for hydroxylation is 1. The van der Waals surface area contributed by atoms with Gasteiger partial charge in [0.1, 0.15) is 11.6 Å². The fourth-order valence-corrected chi connectivity index (χ4v) is 3.02. The van der Waals surface area contributed by atoms with Crippen LogP contribution >= 0.6 is 0 Å². The second-order valence-corrected chi connectivity index (χ2v) is 7.22. The molecular formula is C23H24F3N5O2. The molecule has 174 valence electrons. The molecule has 0 unspecified atom stereocenters. The fraction of sp³-hybridized carbons (Fsp3) is 0.261. The maximum atomic E-state index is 12.8. The molecule has 0 spiro atoms. The van der Waals surface area contributed by atoms with Gasteiger partial charge in [-0.15, -0.1) is 0 Å². The molecule has 1 amide bonds. The van der Waals surface area contributed by atoms with Gasteiger partial charge in [-0.05, 0) is 42.8 Å². The number of carbonyl (C=O) groups is 1. The van der Waals surface area contributed by atoms with Crippen LogP contribution in [-0.4, -0.2) is 36.1 Å². The number of halogens is 3. The van der Waals surface area contributed by atoms with Crippen molar-refractivity contribution in [3.63, 3.8) is 0 Å². The molecule has 0 bridgehead atoms. The highest BCUT2D eigenvalue weighted by atomic mass is 19.4. The Labute approximate surface area is 189 Å². The van der Waals surface area contributed by atoms with Crippen LogP contribution in [0.1, 0.15) is 16.8 Å². The monoisotopic (exact) mass is 459 g/mol. The molecular weight excluding hydrogens is 435 g/mol. The first-order valence-electron chi connectivity index (χ1n) is 10.2. The molecule has 7 nitrogen and oxygen atoms in total. The summed E-state index contributed by atoms with van der Waals surface area (Å²) in [5, 5.41) is 8.90. The second kappa shape index (κ2) is 10.7. The van der Waals surface area contributed by atoms with Gasteiger partial charge in [0.05, 0.1) is 19.1 Å². The maximum Gasteiger partial charge on any atom is 0.416 e. The summed E-state index contributed by atoms with van der Waals surface area (Å²) in [4.78, 5) is 20.8. The zero-order valence-electron chi connectivity index (χ0n) is 18.2. The fourth-order valence-electron chi connectivity index (χ4n) is 3.02. The zero-order chi connectivity index (χ0) is 23.8. The number of nitrogens with one attached hydrogen (secondary N) is 3. The number of nitrogens with zero attached hydrogens (tertiary/aromatic N) is 2. The van der Waals surface area contributed by atoms with E-state index in [4.69, 9.17) is 4.74 Å². The van der Waals surface area contributed by atoms with Gasteiger partial charge in [0, 0.05) is 30.5 Å². The lowest BCUT2D eigenvalue weighted by Gasteiger charge is -2.11. The normalized spacial score (nSPS) is 11.1. The van der Waals surface area contributed by atoms with Crippen molar-refractivity contribution in [2.24, 2.45) is 0 Å². The van der Waals surface area contributed by atoms with Gasteiger partial charge in [0.25, 0.3) is 0 Å². The summed E-state index contributed by atoms with van der Waals surface area (Å²) < 4.78 is 43.5. The van der Waals surface area contributed by atoms with E-state index < -0.39 is 11.7 Å². The molecule has 1 heterocycles. The predicted molar refractivity (Wildman–Crippen MR) is 120 cm³/mol. The van der Waals surface area contributed by atoms with Gasteiger partial charge in [-0.1, -0.05) is 18.2 Å². The molecule has 0 saturated heterocycles. The number of carbonyl (C=O) groups excluding carboxylic acids is 1. The number of rotatable bonds is 9. The van der Waals surface area contributed by atoms with Crippen molar-refractivity contribution in [1.29, 1.82) is 0 Å². The predicted octanol–water partition coefficient (Wildman–Crippen LogP) is 4.33. The number of aromatic nitrogens is 2. The Hall–Kier alpha value is -3.82. The molecule has 3 rings (SSSR count). The molecule has 0 atom stereocenters. The third kappa shape index (κ3) is 7.37. The average Bonchev–Trinajstić information content (AvgIpc) is 2.76. The number of hydrogen-bond donors (Lipinski definition) is 3. The van der Waals surface area contributed by atoms with Crippen molar-refractivity contribution >= 4 is 23.4 Å². The lowest BCUT2D eigenvalue weighted by Crippen LogP contribution is -2.30. The third-order valence-electron chi connectivity index (χ3n) is 4.57. The summed E-state index contributed by atoms with van der Waals surface area (Å²) in [7, 11) is 1.60. The molecule has 10 heteroatoms. The van der Waals surface area contributed by atoms with Gasteiger partial charge >= 0.3 is 6.18 Å². The number of ether oxygens (including phenoxy) is 1.